The lowest BCUT2D eigenvalue weighted by Gasteiger charge is -2.17. The molecule has 0 unspecified atom stereocenters. The highest BCUT2D eigenvalue weighted by atomic mass is 35.5. The highest BCUT2D eigenvalue weighted by molar-refractivity contribution is 6.31. The van der Waals surface area contributed by atoms with Gasteiger partial charge in [-0.25, -0.2) is 0 Å². The maximum absolute atomic E-state index is 12.5. The van der Waals surface area contributed by atoms with E-state index in [9.17, 15) is 4.79 Å². The van der Waals surface area contributed by atoms with Crippen LogP contribution in [-0.4, -0.2) is 12.5 Å². The number of nitrogens with two attached hydrogens (primary N) is 1. The molecule has 1 amide bonds. The third kappa shape index (κ3) is 2.17. The van der Waals surface area contributed by atoms with Gasteiger partial charge in [0.25, 0.3) is 5.91 Å². The van der Waals surface area contributed by atoms with Crippen LogP contribution >= 0.6 is 11.6 Å². The van der Waals surface area contributed by atoms with Crippen LogP contribution in [0.25, 0.3) is 0 Å². The molecule has 3 rings (SSSR count). The van der Waals surface area contributed by atoms with Crippen molar-refractivity contribution >= 4 is 28.9 Å². The summed E-state index contributed by atoms with van der Waals surface area (Å²) in [6.07, 6.45) is 0.840. The van der Waals surface area contributed by atoms with Gasteiger partial charge in [-0.05, 0) is 48.4 Å². The van der Waals surface area contributed by atoms with Gasteiger partial charge in [0.1, 0.15) is 0 Å². The molecule has 96 valence electrons. The van der Waals surface area contributed by atoms with Crippen molar-refractivity contribution in [1.29, 1.82) is 0 Å². The van der Waals surface area contributed by atoms with Gasteiger partial charge >= 0.3 is 0 Å². The summed E-state index contributed by atoms with van der Waals surface area (Å²) in [5.74, 6) is -0.0222. The van der Waals surface area contributed by atoms with Crippen molar-refractivity contribution < 1.29 is 4.79 Å². The summed E-state index contributed by atoms with van der Waals surface area (Å²) in [4.78, 5) is 14.3. The number of carbonyl (C=O) groups is 1. The van der Waals surface area contributed by atoms with Crippen molar-refractivity contribution in [2.45, 2.75) is 6.42 Å². The normalized spacial score (nSPS) is 13.4. The number of nitrogen functional groups attached to an aromatic ring is 1. The van der Waals surface area contributed by atoms with Crippen molar-refractivity contribution in [3.05, 3.63) is 58.6 Å². The third-order valence-corrected chi connectivity index (χ3v) is 3.55. The molecule has 2 aromatic rings. The molecule has 0 fully saturated rings. The highest BCUT2D eigenvalue weighted by Crippen LogP contribution is 2.31. The zero-order chi connectivity index (χ0) is 13.4. The molecule has 1 aliphatic rings. The van der Waals surface area contributed by atoms with Gasteiger partial charge in [0, 0.05) is 28.5 Å². The van der Waals surface area contributed by atoms with Gasteiger partial charge in [-0.3, -0.25) is 4.79 Å². The van der Waals surface area contributed by atoms with Crippen LogP contribution in [0.4, 0.5) is 11.4 Å². The summed E-state index contributed by atoms with van der Waals surface area (Å²) < 4.78 is 0. The smallest absolute Gasteiger partial charge is 0.258 e. The van der Waals surface area contributed by atoms with Crippen LogP contribution in [0.15, 0.2) is 42.5 Å². The monoisotopic (exact) mass is 272 g/mol. The Morgan fingerprint density at radius 3 is 2.84 bits per heavy atom. The van der Waals surface area contributed by atoms with Gasteiger partial charge in [-0.2, -0.15) is 0 Å². The summed E-state index contributed by atoms with van der Waals surface area (Å²) in [6.45, 7) is 0.685. The first-order valence-corrected chi connectivity index (χ1v) is 6.49. The van der Waals surface area contributed by atoms with Gasteiger partial charge in [-0.15, -0.1) is 0 Å². The van der Waals surface area contributed by atoms with Gasteiger partial charge < -0.3 is 10.6 Å². The predicted molar refractivity (Wildman–Crippen MR) is 77.7 cm³/mol. The lowest BCUT2D eigenvalue weighted by atomic mass is 10.1. The molecule has 0 saturated carbocycles. The summed E-state index contributed by atoms with van der Waals surface area (Å²) >= 11 is 5.93. The van der Waals surface area contributed by atoms with Gasteiger partial charge in [0.2, 0.25) is 0 Å². The van der Waals surface area contributed by atoms with E-state index in [0.717, 1.165) is 23.4 Å². The quantitative estimate of drug-likeness (QED) is 0.811. The Bertz CT molecular complexity index is 654. The first kappa shape index (κ1) is 12.1. The molecule has 2 aromatic carbocycles. The van der Waals surface area contributed by atoms with Crippen molar-refractivity contribution in [3.8, 4) is 0 Å². The van der Waals surface area contributed by atoms with Crippen LogP contribution in [0.1, 0.15) is 15.9 Å². The predicted octanol–water partition coefficient (Wildman–Crippen LogP) is 3.13. The maximum Gasteiger partial charge on any atom is 0.258 e. The number of hydrogen-bond acceptors (Lipinski definition) is 2. The first-order valence-electron chi connectivity index (χ1n) is 6.11. The minimum Gasteiger partial charge on any atom is -0.399 e. The molecule has 1 aliphatic heterocycles. The Morgan fingerprint density at radius 1 is 1.21 bits per heavy atom. The van der Waals surface area contributed by atoms with E-state index in [0.29, 0.717) is 17.1 Å². The molecular weight excluding hydrogens is 260 g/mol. The van der Waals surface area contributed by atoms with E-state index in [1.165, 1.54) is 0 Å². The SMILES string of the molecule is Nc1ccc2c(c1)CCN2C(=O)c1cccc(Cl)c1. The highest BCUT2D eigenvalue weighted by Gasteiger charge is 2.25. The fourth-order valence-corrected chi connectivity index (χ4v) is 2.60. The lowest BCUT2D eigenvalue weighted by molar-refractivity contribution is 0.0989. The molecule has 0 atom stereocenters. The number of rotatable bonds is 1. The van der Waals surface area contributed by atoms with Gasteiger partial charge in [-0.1, -0.05) is 17.7 Å². The van der Waals surface area contributed by atoms with E-state index in [2.05, 4.69) is 0 Å². The van der Waals surface area contributed by atoms with Crippen LogP contribution in [0.2, 0.25) is 5.02 Å². The number of halogens is 1. The van der Waals surface area contributed by atoms with Crippen LogP contribution in [-0.2, 0) is 6.42 Å². The summed E-state index contributed by atoms with van der Waals surface area (Å²) in [6, 6.07) is 12.7. The summed E-state index contributed by atoms with van der Waals surface area (Å²) in [7, 11) is 0. The van der Waals surface area contributed by atoms with Gasteiger partial charge in [0.05, 0.1) is 0 Å². The molecule has 19 heavy (non-hydrogen) atoms. The van der Waals surface area contributed by atoms with Gasteiger partial charge in [0.15, 0.2) is 0 Å². The van der Waals surface area contributed by atoms with Crippen molar-refractivity contribution in [3.63, 3.8) is 0 Å². The summed E-state index contributed by atoms with van der Waals surface area (Å²) in [5, 5.41) is 0.572. The number of hydrogen-bond donors (Lipinski definition) is 1. The molecular formula is C15H13ClN2O. The van der Waals surface area contributed by atoms with E-state index in [1.54, 1.807) is 29.2 Å². The maximum atomic E-state index is 12.5. The number of benzene rings is 2. The molecule has 0 spiro atoms. The number of anilines is 2. The second-order valence-electron chi connectivity index (χ2n) is 4.61. The van der Waals surface area contributed by atoms with Crippen LogP contribution < -0.4 is 10.6 Å². The van der Waals surface area contributed by atoms with E-state index in [1.807, 2.05) is 18.2 Å². The number of amides is 1. The van der Waals surface area contributed by atoms with Crippen molar-refractivity contribution in [2.24, 2.45) is 0 Å². The van der Waals surface area contributed by atoms with Crippen molar-refractivity contribution in [2.75, 3.05) is 17.2 Å². The topological polar surface area (TPSA) is 46.3 Å². The average molecular weight is 273 g/mol. The minimum atomic E-state index is -0.0222. The molecule has 4 heteroatoms. The number of nitrogens with zero attached hydrogens (tertiary/aromatic N) is 1. The fourth-order valence-electron chi connectivity index (χ4n) is 2.41. The van der Waals surface area contributed by atoms with E-state index in [4.69, 9.17) is 17.3 Å². The fraction of sp³-hybridized carbons (Fsp3) is 0.133. The Balaban J connectivity index is 1.95. The van der Waals surface area contributed by atoms with Crippen LogP contribution in [0, 0.1) is 0 Å². The zero-order valence-corrected chi connectivity index (χ0v) is 11.0. The van der Waals surface area contributed by atoms with Crippen LogP contribution in [0.3, 0.4) is 0 Å². The van der Waals surface area contributed by atoms with E-state index >= 15 is 0 Å². The molecule has 0 aliphatic carbocycles. The van der Waals surface area contributed by atoms with E-state index in [-0.39, 0.29) is 5.91 Å². The van der Waals surface area contributed by atoms with Crippen molar-refractivity contribution in [1.82, 2.24) is 0 Å². The third-order valence-electron chi connectivity index (χ3n) is 3.32. The van der Waals surface area contributed by atoms with Crippen LogP contribution in [0.5, 0.6) is 0 Å². The molecule has 1 heterocycles. The Morgan fingerprint density at radius 2 is 2.05 bits per heavy atom. The Kier molecular flexibility index (Phi) is 2.91. The molecule has 0 saturated heterocycles. The summed E-state index contributed by atoms with van der Waals surface area (Å²) in [5.41, 5.74) is 9.17. The number of fused-ring (bicyclic) bond motifs is 1. The zero-order valence-electron chi connectivity index (χ0n) is 10.3. The molecule has 2 N–H and O–H groups in total. The minimum absolute atomic E-state index is 0.0222. The average Bonchev–Trinajstić information content (AvgIpc) is 2.80. The Hall–Kier alpha value is -2.00. The standard InChI is InChI=1S/C15H13ClN2O/c16-12-3-1-2-11(8-12)15(19)18-7-6-10-9-13(17)4-5-14(10)18/h1-5,8-9H,6-7,17H2. The van der Waals surface area contributed by atoms with E-state index < -0.39 is 0 Å². The number of carbonyl (C=O) groups excluding carboxylic acids is 1. The second kappa shape index (κ2) is 4.59. The molecule has 3 nitrogen and oxygen atoms in total. The largest absolute Gasteiger partial charge is 0.399 e. The second-order valence-corrected chi connectivity index (χ2v) is 5.04. The Labute approximate surface area is 116 Å². The molecule has 0 radical (unpaired) electrons. The first-order chi connectivity index (χ1) is 9.15. The molecule has 0 aromatic heterocycles. The molecule has 0 bridgehead atoms. The lowest BCUT2D eigenvalue weighted by Crippen LogP contribution is -2.28.